The molecule has 2 N–H and O–H groups in total. The summed E-state index contributed by atoms with van der Waals surface area (Å²) in [7, 11) is 0. The number of carbonyl (C=O) groups is 3. The van der Waals surface area contributed by atoms with Gasteiger partial charge < -0.3 is 15.0 Å². The monoisotopic (exact) mass is 386 g/mol. The van der Waals surface area contributed by atoms with Crippen LogP contribution in [-0.4, -0.2) is 44.9 Å². The maximum Gasteiger partial charge on any atom is 0.325 e. The molecule has 3 rings (SSSR count). The number of imide groups is 1. The van der Waals surface area contributed by atoms with Crippen LogP contribution < -0.4 is 10.9 Å². The largest absolute Gasteiger partial charge is 0.454 e. The van der Waals surface area contributed by atoms with Gasteiger partial charge >= 0.3 is 12.0 Å². The number of ether oxygens (including phenoxy) is 1. The summed E-state index contributed by atoms with van der Waals surface area (Å²) < 4.78 is 5.32. The van der Waals surface area contributed by atoms with Crippen molar-refractivity contribution in [3.63, 3.8) is 0 Å². The lowest BCUT2D eigenvalue weighted by atomic mass is 10.1. The normalized spacial score (nSPS) is 16.9. The average Bonchev–Trinajstić information content (AvgIpc) is 2.83. The Morgan fingerprint density at radius 2 is 1.96 bits per heavy atom. The summed E-state index contributed by atoms with van der Waals surface area (Å²) in [4.78, 5) is 56.2. The van der Waals surface area contributed by atoms with E-state index < -0.39 is 23.6 Å². The first-order chi connectivity index (χ1) is 13.2. The van der Waals surface area contributed by atoms with Gasteiger partial charge in [-0.15, -0.1) is 0 Å². The number of benzene rings is 1. The number of aromatic nitrogens is 2. The minimum Gasteiger partial charge on any atom is -0.454 e. The number of carbonyl (C=O) groups excluding carboxylic acids is 3. The summed E-state index contributed by atoms with van der Waals surface area (Å²) in [6.07, 6.45) is -0.428. The molecule has 9 heteroatoms. The standard InChI is InChI=1S/C19H22N4O5/c1-11(15-20-13-8-5-4-7-12(13)16(25)21-15)28-14(24)9-6-10-23-17(26)19(2,3)22-18(23)27/h4-5,7-8,11H,6,9-10H2,1-3H3,(H,22,27)(H,20,21,25)/t11-/m1/s1. The first-order valence-corrected chi connectivity index (χ1v) is 9.01. The van der Waals surface area contributed by atoms with Crippen molar-refractivity contribution in [1.29, 1.82) is 0 Å². The molecule has 1 aliphatic rings. The maximum absolute atomic E-state index is 12.1. The first kappa shape index (κ1) is 19.5. The van der Waals surface area contributed by atoms with Crippen LogP contribution in [0.3, 0.4) is 0 Å². The lowest BCUT2D eigenvalue weighted by molar-refractivity contribution is -0.149. The van der Waals surface area contributed by atoms with Crippen LogP contribution in [-0.2, 0) is 14.3 Å². The third-order valence-electron chi connectivity index (χ3n) is 4.53. The summed E-state index contributed by atoms with van der Waals surface area (Å²) in [6.45, 7) is 4.99. The highest BCUT2D eigenvalue weighted by Crippen LogP contribution is 2.18. The Morgan fingerprint density at radius 1 is 1.25 bits per heavy atom. The van der Waals surface area contributed by atoms with Gasteiger partial charge in [0.1, 0.15) is 5.54 Å². The van der Waals surface area contributed by atoms with Crippen molar-refractivity contribution >= 4 is 28.8 Å². The maximum atomic E-state index is 12.1. The van der Waals surface area contributed by atoms with Gasteiger partial charge in [0.15, 0.2) is 11.9 Å². The van der Waals surface area contributed by atoms with Crippen molar-refractivity contribution in [1.82, 2.24) is 20.2 Å². The van der Waals surface area contributed by atoms with Crippen LogP contribution in [0.4, 0.5) is 4.79 Å². The molecular formula is C19H22N4O5. The van der Waals surface area contributed by atoms with Gasteiger partial charge in [-0.2, -0.15) is 0 Å². The molecule has 1 aliphatic heterocycles. The number of nitrogens with one attached hydrogen (secondary N) is 2. The molecule has 9 nitrogen and oxygen atoms in total. The Morgan fingerprint density at radius 3 is 2.64 bits per heavy atom. The zero-order chi connectivity index (χ0) is 20.5. The molecule has 0 bridgehead atoms. The van der Waals surface area contributed by atoms with Gasteiger partial charge in [0.2, 0.25) is 0 Å². The highest BCUT2D eigenvalue weighted by atomic mass is 16.5. The highest BCUT2D eigenvalue weighted by molar-refractivity contribution is 6.06. The van der Waals surface area contributed by atoms with E-state index in [9.17, 15) is 19.2 Å². The summed E-state index contributed by atoms with van der Waals surface area (Å²) in [5.41, 5.74) is -0.713. The van der Waals surface area contributed by atoms with Crippen molar-refractivity contribution in [2.45, 2.75) is 45.3 Å². The van der Waals surface area contributed by atoms with Crippen molar-refractivity contribution in [3.05, 3.63) is 40.4 Å². The van der Waals surface area contributed by atoms with Crippen molar-refractivity contribution in [3.8, 4) is 0 Å². The number of hydrogen-bond acceptors (Lipinski definition) is 6. The second kappa shape index (κ2) is 7.41. The Hall–Kier alpha value is -3.23. The van der Waals surface area contributed by atoms with Crippen LogP contribution in [0.5, 0.6) is 0 Å². The number of hydrogen-bond donors (Lipinski definition) is 2. The Bertz CT molecular complexity index is 997. The van der Waals surface area contributed by atoms with E-state index in [2.05, 4.69) is 15.3 Å². The molecule has 1 saturated heterocycles. The second-order valence-electron chi connectivity index (χ2n) is 7.22. The van der Waals surface area contributed by atoms with Crippen LogP contribution in [0.15, 0.2) is 29.1 Å². The topological polar surface area (TPSA) is 121 Å². The van der Waals surface area contributed by atoms with Crippen LogP contribution in [0.25, 0.3) is 10.9 Å². The van der Waals surface area contributed by atoms with Crippen molar-refractivity contribution in [2.24, 2.45) is 0 Å². The Labute approximate surface area is 161 Å². The summed E-state index contributed by atoms with van der Waals surface area (Å²) >= 11 is 0. The smallest absolute Gasteiger partial charge is 0.325 e. The predicted octanol–water partition coefficient (Wildman–Crippen LogP) is 1.64. The zero-order valence-electron chi connectivity index (χ0n) is 15.9. The second-order valence-corrected chi connectivity index (χ2v) is 7.22. The van der Waals surface area contributed by atoms with Gasteiger partial charge in [0.25, 0.3) is 11.5 Å². The van der Waals surface area contributed by atoms with Crippen molar-refractivity contribution < 1.29 is 19.1 Å². The molecule has 0 radical (unpaired) electrons. The Balaban J connectivity index is 1.56. The van der Waals surface area contributed by atoms with E-state index in [1.54, 1.807) is 45.0 Å². The number of para-hydroxylation sites is 1. The number of aromatic amines is 1. The molecular weight excluding hydrogens is 364 g/mol. The fraction of sp³-hybridized carbons (Fsp3) is 0.421. The molecule has 1 aromatic heterocycles. The molecule has 2 aromatic rings. The van der Waals surface area contributed by atoms with Gasteiger partial charge in [-0.1, -0.05) is 12.1 Å². The lowest BCUT2D eigenvalue weighted by Gasteiger charge is -2.16. The summed E-state index contributed by atoms with van der Waals surface area (Å²) in [5, 5.41) is 3.04. The number of H-pyrrole nitrogens is 1. The number of rotatable bonds is 6. The quantitative estimate of drug-likeness (QED) is 0.575. The van der Waals surface area contributed by atoms with Gasteiger partial charge in [-0.05, 0) is 39.3 Å². The molecule has 0 unspecified atom stereocenters. The van der Waals surface area contributed by atoms with E-state index in [0.717, 1.165) is 4.90 Å². The van der Waals surface area contributed by atoms with E-state index in [4.69, 9.17) is 4.74 Å². The van der Waals surface area contributed by atoms with Crippen molar-refractivity contribution in [2.75, 3.05) is 6.54 Å². The molecule has 2 heterocycles. The van der Waals surface area contributed by atoms with Crippen LogP contribution in [0.1, 0.15) is 45.5 Å². The SMILES string of the molecule is C[C@@H](OC(=O)CCCN1C(=O)NC(C)(C)C1=O)c1nc2ccccc2c(=O)[nH]1. The van der Waals surface area contributed by atoms with Crippen LogP contribution in [0.2, 0.25) is 0 Å². The number of nitrogens with zero attached hydrogens (tertiary/aromatic N) is 2. The van der Waals surface area contributed by atoms with E-state index in [1.807, 2.05) is 0 Å². The third-order valence-corrected chi connectivity index (χ3v) is 4.53. The summed E-state index contributed by atoms with van der Waals surface area (Å²) in [5.74, 6) is -0.570. The van der Waals surface area contributed by atoms with E-state index >= 15 is 0 Å². The number of urea groups is 1. The molecule has 28 heavy (non-hydrogen) atoms. The molecule has 1 atom stereocenters. The fourth-order valence-corrected chi connectivity index (χ4v) is 3.01. The summed E-state index contributed by atoms with van der Waals surface area (Å²) in [6, 6.07) is 6.43. The highest BCUT2D eigenvalue weighted by Gasteiger charge is 2.43. The molecule has 0 spiro atoms. The zero-order valence-corrected chi connectivity index (χ0v) is 15.9. The van der Waals surface area contributed by atoms with E-state index in [0.29, 0.717) is 10.9 Å². The number of fused-ring (bicyclic) bond motifs is 1. The van der Waals surface area contributed by atoms with Gasteiger partial charge in [-0.3, -0.25) is 19.3 Å². The molecule has 3 amide bonds. The minimum absolute atomic E-state index is 0.0274. The average molecular weight is 386 g/mol. The lowest BCUT2D eigenvalue weighted by Crippen LogP contribution is -2.40. The van der Waals surface area contributed by atoms with Gasteiger partial charge in [0.05, 0.1) is 10.9 Å². The van der Waals surface area contributed by atoms with Crippen LogP contribution >= 0.6 is 0 Å². The molecule has 1 fully saturated rings. The van der Waals surface area contributed by atoms with Gasteiger partial charge in [-0.25, -0.2) is 9.78 Å². The first-order valence-electron chi connectivity index (χ1n) is 9.01. The minimum atomic E-state index is -0.931. The molecule has 0 saturated carbocycles. The molecule has 0 aliphatic carbocycles. The number of esters is 1. The van der Waals surface area contributed by atoms with Crippen LogP contribution in [0, 0.1) is 0 Å². The molecule has 148 valence electrons. The number of amides is 3. The van der Waals surface area contributed by atoms with Gasteiger partial charge in [0, 0.05) is 13.0 Å². The molecule has 1 aromatic carbocycles. The fourth-order valence-electron chi connectivity index (χ4n) is 3.01. The third kappa shape index (κ3) is 3.88. The van der Waals surface area contributed by atoms with E-state index in [-0.39, 0.29) is 36.7 Å². The van der Waals surface area contributed by atoms with E-state index in [1.165, 1.54) is 0 Å². The predicted molar refractivity (Wildman–Crippen MR) is 100 cm³/mol. The Kier molecular flexibility index (Phi) is 5.17.